The second-order valence-corrected chi connectivity index (χ2v) is 4.54. The summed E-state index contributed by atoms with van der Waals surface area (Å²) in [6, 6.07) is 6.08. The van der Waals surface area contributed by atoms with E-state index in [9.17, 15) is 0 Å². The number of nitrogens with two attached hydrogens (primary N) is 1. The Morgan fingerprint density at radius 2 is 2.27 bits per heavy atom. The number of benzene rings is 1. The van der Waals surface area contributed by atoms with E-state index in [1.54, 1.807) is 0 Å². The molecule has 1 saturated carbocycles. The zero-order chi connectivity index (χ0) is 10.5. The zero-order valence-corrected chi connectivity index (χ0v) is 8.79. The molecule has 0 atom stereocenters. The highest BCUT2D eigenvalue weighted by molar-refractivity contribution is 5.76. The summed E-state index contributed by atoms with van der Waals surface area (Å²) in [5, 5.41) is 0. The summed E-state index contributed by atoms with van der Waals surface area (Å²) in [5.41, 5.74) is 9.17. The van der Waals surface area contributed by atoms with Crippen LogP contribution in [0.4, 0.5) is 0 Å². The molecule has 78 valence electrons. The summed E-state index contributed by atoms with van der Waals surface area (Å²) in [7, 11) is 0. The van der Waals surface area contributed by atoms with Crippen molar-refractivity contribution in [2.24, 2.45) is 5.73 Å². The molecule has 1 aliphatic carbocycles. The fraction of sp³-hybridized carbons (Fsp3) is 0.417. The van der Waals surface area contributed by atoms with Crippen molar-refractivity contribution in [1.29, 1.82) is 0 Å². The molecule has 15 heavy (non-hydrogen) atoms. The number of hydrogen-bond acceptors (Lipinski definition) is 3. The van der Waals surface area contributed by atoms with Crippen LogP contribution in [0, 0.1) is 6.92 Å². The first-order chi connectivity index (χ1) is 7.16. The van der Waals surface area contributed by atoms with Gasteiger partial charge in [-0.05, 0) is 30.9 Å². The standard InChI is InChI=1S/C12H14N2O/c1-8-14-10-4-2-3-9(11(10)15-8)7-12(13)5-6-12/h2-4H,5-7,13H2,1H3. The lowest BCUT2D eigenvalue weighted by atomic mass is 10.0. The molecule has 3 rings (SSSR count). The Kier molecular flexibility index (Phi) is 1.68. The number of hydrogen-bond donors (Lipinski definition) is 1. The topological polar surface area (TPSA) is 52.0 Å². The molecule has 2 aromatic rings. The highest BCUT2D eigenvalue weighted by atomic mass is 16.3. The predicted octanol–water partition coefficient (Wildman–Crippen LogP) is 2.17. The van der Waals surface area contributed by atoms with Gasteiger partial charge in [0, 0.05) is 12.5 Å². The average Bonchev–Trinajstić information content (AvgIpc) is 2.76. The van der Waals surface area contributed by atoms with Crippen LogP contribution >= 0.6 is 0 Å². The molecule has 1 aliphatic rings. The number of nitrogens with zero attached hydrogens (tertiary/aromatic N) is 1. The number of aromatic nitrogens is 1. The van der Waals surface area contributed by atoms with Gasteiger partial charge in [0.2, 0.25) is 0 Å². The number of rotatable bonds is 2. The maximum atomic E-state index is 6.11. The van der Waals surface area contributed by atoms with Gasteiger partial charge in [-0.15, -0.1) is 0 Å². The third kappa shape index (κ3) is 1.53. The molecular weight excluding hydrogens is 188 g/mol. The monoisotopic (exact) mass is 202 g/mol. The summed E-state index contributed by atoms with van der Waals surface area (Å²) >= 11 is 0. The van der Waals surface area contributed by atoms with Crippen molar-refractivity contribution in [2.45, 2.75) is 31.7 Å². The predicted molar refractivity (Wildman–Crippen MR) is 58.6 cm³/mol. The lowest BCUT2D eigenvalue weighted by Gasteiger charge is -2.07. The maximum absolute atomic E-state index is 6.11. The summed E-state index contributed by atoms with van der Waals surface area (Å²) in [4.78, 5) is 4.32. The van der Waals surface area contributed by atoms with Crippen molar-refractivity contribution in [1.82, 2.24) is 4.98 Å². The van der Waals surface area contributed by atoms with Crippen LogP contribution in [0.2, 0.25) is 0 Å². The van der Waals surface area contributed by atoms with E-state index >= 15 is 0 Å². The van der Waals surface area contributed by atoms with Gasteiger partial charge in [0.15, 0.2) is 11.5 Å². The molecule has 0 saturated heterocycles. The van der Waals surface area contributed by atoms with Gasteiger partial charge in [-0.1, -0.05) is 12.1 Å². The second-order valence-electron chi connectivity index (χ2n) is 4.54. The third-order valence-corrected chi connectivity index (χ3v) is 3.04. The molecule has 3 heteroatoms. The van der Waals surface area contributed by atoms with Crippen LogP contribution in [-0.2, 0) is 6.42 Å². The minimum Gasteiger partial charge on any atom is -0.441 e. The van der Waals surface area contributed by atoms with Crippen molar-refractivity contribution in [3.8, 4) is 0 Å². The highest BCUT2D eigenvalue weighted by Crippen LogP contribution is 2.37. The van der Waals surface area contributed by atoms with Crippen LogP contribution in [0.1, 0.15) is 24.3 Å². The Morgan fingerprint density at radius 3 is 3.00 bits per heavy atom. The molecule has 1 fully saturated rings. The molecule has 1 heterocycles. The minimum atomic E-state index is 0.0228. The van der Waals surface area contributed by atoms with Crippen molar-refractivity contribution in [3.05, 3.63) is 29.7 Å². The molecule has 0 aliphatic heterocycles. The fourth-order valence-corrected chi connectivity index (χ4v) is 1.97. The summed E-state index contributed by atoms with van der Waals surface area (Å²) in [5.74, 6) is 0.722. The number of oxazole rings is 1. The fourth-order valence-electron chi connectivity index (χ4n) is 1.97. The molecule has 0 amide bonds. The molecule has 2 N–H and O–H groups in total. The van der Waals surface area contributed by atoms with Gasteiger partial charge in [0.05, 0.1) is 0 Å². The van der Waals surface area contributed by atoms with E-state index in [2.05, 4.69) is 11.1 Å². The van der Waals surface area contributed by atoms with Gasteiger partial charge in [0.25, 0.3) is 0 Å². The minimum absolute atomic E-state index is 0.0228. The smallest absolute Gasteiger partial charge is 0.192 e. The van der Waals surface area contributed by atoms with Crippen LogP contribution in [0.25, 0.3) is 11.1 Å². The van der Waals surface area contributed by atoms with Crippen molar-refractivity contribution in [3.63, 3.8) is 0 Å². The van der Waals surface area contributed by atoms with Gasteiger partial charge >= 0.3 is 0 Å². The molecule has 0 spiro atoms. The molecular formula is C12H14N2O. The van der Waals surface area contributed by atoms with E-state index in [0.717, 1.165) is 36.3 Å². The zero-order valence-electron chi connectivity index (χ0n) is 8.79. The van der Waals surface area contributed by atoms with E-state index in [0.29, 0.717) is 0 Å². The highest BCUT2D eigenvalue weighted by Gasteiger charge is 2.38. The quantitative estimate of drug-likeness (QED) is 0.812. The molecule has 0 radical (unpaired) electrons. The van der Waals surface area contributed by atoms with Gasteiger partial charge in [-0.3, -0.25) is 0 Å². The maximum Gasteiger partial charge on any atom is 0.192 e. The number of para-hydroxylation sites is 1. The van der Waals surface area contributed by atoms with Crippen molar-refractivity contribution >= 4 is 11.1 Å². The van der Waals surface area contributed by atoms with Crippen LogP contribution in [0.3, 0.4) is 0 Å². The Labute approximate surface area is 88.3 Å². The van der Waals surface area contributed by atoms with Gasteiger partial charge in [-0.2, -0.15) is 0 Å². The Bertz CT molecular complexity index is 511. The van der Waals surface area contributed by atoms with Gasteiger partial charge < -0.3 is 10.2 Å². The summed E-state index contributed by atoms with van der Waals surface area (Å²) in [6.45, 7) is 1.87. The number of fused-ring (bicyclic) bond motifs is 1. The SMILES string of the molecule is Cc1nc2cccc(CC3(N)CC3)c2o1. The van der Waals surface area contributed by atoms with Crippen molar-refractivity contribution in [2.75, 3.05) is 0 Å². The average molecular weight is 202 g/mol. The van der Waals surface area contributed by atoms with Crippen LogP contribution < -0.4 is 5.73 Å². The first kappa shape index (κ1) is 8.92. The van der Waals surface area contributed by atoms with E-state index in [4.69, 9.17) is 10.2 Å². The van der Waals surface area contributed by atoms with E-state index in [1.807, 2.05) is 19.1 Å². The molecule has 1 aromatic heterocycles. The van der Waals surface area contributed by atoms with Gasteiger partial charge in [0.1, 0.15) is 5.52 Å². The molecule has 0 unspecified atom stereocenters. The number of aryl methyl sites for hydroxylation is 1. The summed E-state index contributed by atoms with van der Waals surface area (Å²) < 4.78 is 5.61. The third-order valence-electron chi connectivity index (χ3n) is 3.04. The first-order valence-electron chi connectivity index (χ1n) is 5.30. The summed E-state index contributed by atoms with van der Waals surface area (Å²) in [6.07, 6.45) is 3.14. The molecule has 0 bridgehead atoms. The van der Waals surface area contributed by atoms with Crippen LogP contribution in [0.15, 0.2) is 22.6 Å². The first-order valence-corrected chi connectivity index (χ1v) is 5.30. The lowest BCUT2D eigenvalue weighted by Crippen LogP contribution is -2.24. The largest absolute Gasteiger partial charge is 0.441 e. The Morgan fingerprint density at radius 1 is 1.47 bits per heavy atom. The van der Waals surface area contributed by atoms with E-state index < -0.39 is 0 Å². The molecule has 1 aromatic carbocycles. The van der Waals surface area contributed by atoms with E-state index in [1.165, 1.54) is 5.56 Å². The lowest BCUT2D eigenvalue weighted by molar-refractivity contribution is 0.553. The Balaban J connectivity index is 2.08. The normalized spacial score (nSPS) is 18.3. The van der Waals surface area contributed by atoms with E-state index in [-0.39, 0.29) is 5.54 Å². The van der Waals surface area contributed by atoms with Crippen LogP contribution in [-0.4, -0.2) is 10.5 Å². The van der Waals surface area contributed by atoms with Crippen LogP contribution in [0.5, 0.6) is 0 Å². The molecule has 3 nitrogen and oxygen atoms in total. The van der Waals surface area contributed by atoms with Gasteiger partial charge in [-0.25, -0.2) is 4.98 Å². The Hall–Kier alpha value is -1.35. The van der Waals surface area contributed by atoms with Crippen molar-refractivity contribution < 1.29 is 4.42 Å². The second kappa shape index (κ2) is 2.83.